The van der Waals surface area contributed by atoms with Crippen molar-refractivity contribution in [2.24, 2.45) is 0 Å². The minimum absolute atomic E-state index is 0.121. The molecule has 0 spiro atoms. The average Bonchev–Trinajstić information content (AvgIpc) is 3.77. The number of benzene rings is 2. The summed E-state index contributed by atoms with van der Waals surface area (Å²) in [5, 5.41) is 0. The molecule has 0 saturated heterocycles. The number of H-pyrrole nitrogens is 1. The molecule has 1 amide bonds. The number of rotatable bonds is 4. The summed E-state index contributed by atoms with van der Waals surface area (Å²) in [7, 11) is 0. The first-order valence-corrected chi connectivity index (χ1v) is 12.4. The summed E-state index contributed by atoms with van der Waals surface area (Å²) in [6.07, 6.45) is -0.395. The average molecular weight is 494 g/mol. The highest BCUT2D eigenvalue weighted by atomic mass is 19.4. The lowest BCUT2D eigenvalue weighted by molar-refractivity contribution is -0.138. The second-order valence-corrected chi connectivity index (χ2v) is 10.3. The standard InChI is InChI=1S/C28H26F3N3O2/c29-28(30,31)20-9-4-8-19(16-20)27(13-14-27)25(36)34-15-5-10-22-21(17-34)23(35)33-24(32-22)26(11-12-26)18-6-2-1-3-7-18/h1-4,6-9,16H,5,10-15,17H2,(H,32,33,35). The smallest absolute Gasteiger partial charge is 0.337 e. The Morgan fingerprint density at radius 1 is 0.972 bits per heavy atom. The van der Waals surface area contributed by atoms with E-state index in [0.717, 1.165) is 36.2 Å². The number of fused-ring (bicyclic) bond motifs is 1. The summed E-state index contributed by atoms with van der Waals surface area (Å²) in [6.45, 7) is 0.560. The van der Waals surface area contributed by atoms with Gasteiger partial charge in [-0.1, -0.05) is 48.5 Å². The molecule has 186 valence electrons. The predicted octanol–water partition coefficient (Wildman–Crippen LogP) is 4.88. The minimum Gasteiger partial charge on any atom is -0.337 e. The summed E-state index contributed by atoms with van der Waals surface area (Å²) in [5.74, 6) is 0.473. The maximum atomic E-state index is 13.7. The number of carbonyl (C=O) groups is 1. The normalized spacial score (nSPS) is 19.8. The summed E-state index contributed by atoms with van der Waals surface area (Å²) in [6, 6.07) is 15.1. The van der Waals surface area contributed by atoms with Crippen LogP contribution < -0.4 is 5.56 Å². The van der Waals surface area contributed by atoms with E-state index in [1.807, 2.05) is 18.2 Å². The quantitative estimate of drug-likeness (QED) is 0.564. The van der Waals surface area contributed by atoms with Gasteiger partial charge in [0.1, 0.15) is 5.82 Å². The highest BCUT2D eigenvalue weighted by molar-refractivity contribution is 5.91. The van der Waals surface area contributed by atoms with E-state index in [-0.39, 0.29) is 23.4 Å². The summed E-state index contributed by atoms with van der Waals surface area (Å²) >= 11 is 0. The number of nitrogens with zero attached hydrogens (tertiary/aromatic N) is 2. The van der Waals surface area contributed by atoms with Gasteiger partial charge >= 0.3 is 6.18 Å². The van der Waals surface area contributed by atoms with Gasteiger partial charge in [-0.2, -0.15) is 13.2 Å². The van der Waals surface area contributed by atoms with Crippen molar-refractivity contribution in [1.29, 1.82) is 0 Å². The maximum Gasteiger partial charge on any atom is 0.416 e. The SMILES string of the molecule is O=C(N1CCCc2nc(C3(c4ccccc4)CC3)[nH]c(=O)c2C1)C1(c2cccc(C(F)(F)F)c2)CC1. The third-order valence-electron chi connectivity index (χ3n) is 8.01. The fourth-order valence-corrected chi connectivity index (χ4v) is 5.61. The Morgan fingerprint density at radius 3 is 2.36 bits per heavy atom. The second-order valence-electron chi connectivity index (χ2n) is 10.3. The number of hydrogen-bond acceptors (Lipinski definition) is 3. The number of aromatic amines is 1. The van der Waals surface area contributed by atoms with Crippen LogP contribution in [-0.4, -0.2) is 27.3 Å². The molecule has 2 heterocycles. The third-order valence-corrected chi connectivity index (χ3v) is 8.01. The van der Waals surface area contributed by atoms with Crippen molar-refractivity contribution in [3.05, 3.63) is 98.7 Å². The molecule has 1 N–H and O–H groups in total. The molecule has 8 heteroatoms. The first-order valence-electron chi connectivity index (χ1n) is 12.4. The van der Waals surface area contributed by atoms with Crippen LogP contribution in [0.5, 0.6) is 0 Å². The van der Waals surface area contributed by atoms with Gasteiger partial charge in [0.15, 0.2) is 0 Å². The Bertz CT molecular complexity index is 1390. The second kappa shape index (κ2) is 8.05. The Hall–Kier alpha value is -3.42. The van der Waals surface area contributed by atoms with Crippen LogP contribution in [0.4, 0.5) is 13.2 Å². The molecular formula is C28H26F3N3O2. The Balaban J connectivity index is 1.29. The van der Waals surface area contributed by atoms with Crippen LogP contribution >= 0.6 is 0 Å². The molecule has 36 heavy (non-hydrogen) atoms. The third kappa shape index (κ3) is 3.74. The van der Waals surface area contributed by atoms with Crippen molar-refractivity contribution in [3.63, 3.8) is 0 Å². The first-order chi connectivity index (χ1) is 17.2. The van der Waals surface area contributed by atoms with Gasteiger partial charge in [0.2, 0.25) is 5.91 Å². The van der Waals surface area contributed by atoms with Gasteiger partial charge in [0.25, 0.3) is 5.56 Å². The zero-order chi connectivity index (χ0) is 25.1. The number of carbonyl (C=O) groups excluding carboxylic acids is 1. The van der Waals surface area contributed by atoms with Gasteiger partial charge in [-0.25, -0.2) is 4.98 Å². The zero-order valence-electron chi connectivity index (χ0n) is 19.7. The lowest BCUT2D eigenvalue weighted by Gasteiger charge is -2.27. The van der Waals surface area contributed by atoms with Gasteiger partial charge in [0.05, 0.1) is 34.2 Å². The molecule has 6 rings (SSSR count). The van der Waals surface area contributed by atoms with Crippen LogP contribution in [-0.2, 0) is 34.8 Å². The number of hydrogen-bond donors (Lipinski definition) is 1. The van der Waals surface area contributed by atoms with Crippen LogP contribution in [0.2, 0.25) is 0 Å². The van der Waals surface area contributed by atoms with Crippen LogP contribution in [0, 0.1) is 0 Å². The molecule has 0 bridgehead atoms. The van der Waals surface area contributed by atoms with E-state index in [0.29, 0.717) is 49.2 Å². The Labute approximate surface area is 206 Å². The molecule has 3 aromatic rings. The fraction of sp³-hybridized carbons (Fsp3) is 0.393. The van der Waals surface area contributed by atoms with Gasteiger partial charge < -0.3 is 9.88 Å². The maximum absolute atomic E-state index is 13.7. The summed E-state index contributed by atoms with van der Waals surface area (Å²) < 4.78 is 39.9. The van der Waals surface area contributed by atoms with Crippen molar-refractivity contribution in [2.45, 2.75) is 62.1 Å². The zero-order valence-corrected chi connectivity index (χ0v) is 19.7. The van der Waals surface area contributed by atoms with Crippen molar-refractivity contribution in [2.75, 3.05) is 6.54 Å². The van der Waals surface area contributed by atoms with Gasteiger partial charge in [-0.05, 0) is 55.7 Å². The molecule has 2 saturated carbocycles. The highest BCUT2D eigenvalue weighted by Crippen LogP contribution is 2.52. The van der Waals surface area contributed by atoms with Gasteiger partial charge in [-0.3, -0.25) is 9.59 Å². The molecule has 5 nitrogen and oxygen atoms in total. The lowest BCUT2D eigenvalue weighted by atomic mass is 9.92. The van der Waals surface area contributed by atoms with E-state index in [1.54, 1.807) is 11.0 Å². The number of aromatic nitrogens is 2. The first kappa shape index (κ1) is 23.0. The highest BCUT2D eigenvalue weighted by Gasteiger charge is 2.54. The molecule has 2 aliphatic carbocycles. The van der Waals surface area contributed by atoms with Crippen molar-refractivity contribution in [1.82, 2.24) is 14.9 Å². The molecule has 2 fully saturated rings. The fourth-order valence-electron chi connectivity index (χ4n) is 5.61. The molecule has 0 radical (unpaired) electrons. The van der Waals surface area contributed by atoms with Crippen molar-refractivity contribution >= 4 is 5.91 Å². The lowest BCUT2D eigenvalue weighted by Crippen LogP contribution is -2.40. The van der Waals surface area contributed by atoms with Gasteiger partial charge in [0, 0.05) is 6.54 Å². The van der Waals surface area contributed by atoms with Crippen molar-refractivity contribution < 1.29 is 18.0 Å². The van der Waals surface area contributed by atoms with E-state index in [1.165, 1.54) is 6.07 Å². The molecule has 3 aliphatic rings. The molecule has 2 aromatic carbocycles. The topological polar surface area (TPSA) is 66.1 Å². The number of alkyl halides is 3. The van der Waals surface area contributed by atoms with Crippen LogP contribution in [0.15, 0.2) is 59.4 Å². The molecular weight excluding hydrogens is 467 g/mol. The number of aryl methyl sites for hydroxylation is 1. The largest absolute Gasteiger partial charge is 0.416 e. The van der Waals surface area contributed by atoms with Crippen LogP contribution in [0.25, 0.3) is 0 Å². The van der Waals surface area contributed by atoms with E-state index in [4.69, 9.17) is 4.98 Å². The Morgan fingerprint density at radius 2 is 1.69 bits per heavy atom. The minimum atomic E-state index is -4.47. The number of nitrogens with one attached hydrogen (secondary N) is 1. The van der Waals surface area contributed by atoms with E-state index in [9.17, 15) is 22.8 Å². The Kier molecular flexibility index (Phi) is 5.14. The van der Waals surface area contributed by atoms with Crippen LogP contribution in [0.3, 0.4) is 0 Å². The molecule has 0 atom stereocenters. The monoisotopic (exact) mass is 493 g/mol. The summed E-state index contributed by atoms with van der Waals surface area (Å²) in [4.78, 5) is 36.4. The van der Waals surface area contributed by atoms with Crippen LogP contribution in [0.1, 0.15) is 65.9 Å². The molecule has 1 aromatic heterocycles. The van der Waals surface area contributed by atoms with Gasteiger partial charge in [-0.15, -0.1) is 0 Å². The number of halogens is 3. The number of amides is 1. The summed E-state index contributed by atoms with van der Waals surface area (Å²) in [5.41, 5.74) is 0.531. The molecule has 1 aliphatic heterocycles. The predicted molar refractivity (Wildman–Crippen MR) is 127 cm³/mol. The molecule has 0 unspecified atom stereocenters. The van der Waals surface area contributed by atoms with E-state index in [2.05, 4.69) is 17.1 Å². The van der Waals surface area contributed by atoms with E-state index < -0.39 is 17.2 Å². The van der Waals surface area contributed by atoms with Crippen molar-refractivity contribution in [3.8, 4) is 0 Å². The van der Waals surface area contributed by atoms with E-state index >= 15 is 0 Å².